The summed E-state index contributed by atoms with van der Waals surface area (Å²) in [5.41, 5.74) is 2.56. The van der Waals surface area contributed by atoms with Crippen LogP contribution >= 0.6 is 11.3 Å². The molecule has 106 valence electrons. The summed E-state index contributed by atoms with van der Waals surface area (Å²) in [6, 6.07) is 7.88. The van der Waals surface area contributed by atoms with Crippen molar-refractivity contribution in [1.29, 1.82) is 0 Å². The van der Waals surface area contributed by atoms with Crippen LogP contribution in [0.2, 0.25) is 0 Å². The van der Waals surface area contributed by atoms with Crippen molar-refractivity contribution in [2.24, 2.45) is 0 Å². The molecule has 5 heteroatoms. The number of carboxylic acids is 1. The van der Waals surface area contributed by atoms with E-state index in [1.807, 2.05) is 24.3 Å². The van der Waals surface area contributed by atoms with E-state index < -0.39 is 5.97 Å². The van der Waals surface area contributed by atoms with Gasteiger partial charge in [-0.1, -0.05) is 25.1 Å². The second-order valence-corrected chi connectivity index (χ2v) is 5.49. The second kappa shape index (κ2) is 6.63. The molecule has 1 heterocycles. The molecule has 1 aromatic heterocycles. The van der Waals surface area contributed by atoms with Gasteiger partial charge in [0.05, 0.1) is 12.3 Å². The lowest BCUT2D eigenvalue weighted by molar-refractivity contribution is 0.0701. The van der Waals surface area contributed by atoms with Gasteiger partial charge in [-0.15, -0.1) is 11.3 Å². The highest BCUT2D eigenvalue weighted by molar-refractivity contribution is 7.17. The number of ether oxygens (including phenoxy) is 1. The highest BCUT2D eigenvalue weighted by atomic mass is 32.1. The average Bonchev–Trinajstić information content (AvgIpc) is 2.82. The number of hydrogen-bond acceptors (Lipinski definition) is 4. The minimum Gasteiger partial charge on any atom is -0.477 e. The Labute approximate surface area is 122 Å². The Bertz CT molecular complexity index is 607. The lowest BCUT2D eigenvalue weighted by Gasteiger charge is -2.04. The highest BCUT2D eigenvalue weighted by Gasteiger charge is 2.15. The number of benzene rings is 1. The van der Waals surface area contributed by atoms with Crippen molar-refractivity contribution in [3.8, 4) is 10.6 Å². The first-order valence-electron chi connectivity index (χ1n) is 6.49. The molecular formula is C15H17NO3S. The van der Waals surface area contributed by atoms with Gasteiger partial charge in [0.2, 0.25) is 0 Å². The van der Waals surface area contributed by atoms with E-state index in [9.17, 15) is 4.79 Å². The summed E-state index contributed by atoms with van der Waals surface area (Å²) in [4.78, 5) is 15.7. The summed E-state index contributed by atoms with van der Waals surface area (Å²) < 4.78 is 5.52. The van der Waals surface area contributed by atoms with Crippen LogP contribution in [0.1, 0.15) is 34.3 Å². The molecule has 0 saturated heterocycles. The van der Waals surface area contributed by atoms with Crippen molar-refractivity contribution in [2.75, 3.05) is 6.61 Å². The maximum atomic E-state index is 11.1. The zero-order valence-corrected chi connectivity index (χ0v) is 12.4. The predicted molar refractivity (Wildman–Crippen MR) is 79.2 cm³/mol. The molecule has 0 radical (unpaired) electrons. The number of aromatic carboxylic acids is 1. The lowest BCUT2D eigenvalue weighted by atomic mass is 10.1. The normalized spacial score (nSPS) is 10.7. The van der Waals surface area contributed by atoms with E-state index in [1.54, 1.807) is 6.92 Å². The van der Waals surface area contributed by atoms with Gasteiger partial charge in [-0.3, -0.25) is 0 Å². The third-order valence-electron chi connectivity index (χ3n) is 2.78. The van der Waals surface area contributed by atoms with Gasteiger partial charge in [-0.2, -0.15) is 0 Å². The van der Waals surface area contributed by atoms with Crippen molar-refractivity contribution < 1.29 is 14.6 Å². The van der Waals surface area contributed by atoms with Gasteiger partial charge in [0.1, 0.15) is 9.88 Å². The highest BCUT2D eigenvalue weighted by Crippen LogP contribution is 2.28. The van der Waals surface area contributed by atoms with Crippen LogP contribution in [-0.2, 0) is 11.3 Å². The zero-order chi connectivity index (χ0) is 14.5. The third-order valence-corrected chi connectivity index (χ3v) is 3.98. The van der Waals surface area contributed by atoms with E-state index in [0.717, 1.165) is 29.2 Å². The van der Waals surface area contributed by atoms with E-state index in [4.69, 9.17) is 9.84 Å². The number of thiazole rings is 1. The Hall–Kier alpha value is -1.72. The van der Waals surface area contributed by atoms with Crippen LogP contribution in [0.5, 0.6) is 0 Å². The number of hydrogen-bond donors (Lipinski definition) is 1. The summed E-state index contributed by atoms with van der Waals surface area (Å²) >= 11 is 1.21. The van der Waals surface area contributed by atoms with Crippen LogP contribution in [0.3, 0.4) is 0 Å². The Balaban J connectivity index is 2.22. The second-order valence-electron chi connectivity index (χ2n) is 4.49. The molecule has 0 aliphatic rings. The molecule has 1 aromatic carbocycles. The first-order chi connectivity index (χ1) is 9.61. The van der Waals surface area contributed by atoms with Crippen LogP contribution in [0.15, 0.2) is 24.3 Å². The van der Waals surface area contributed by atoms with Crippen LogP contribution in [0.25, 0.3) is 10.6 Å². The number of carboxylic acid groups (broad SMARTS) is 1. The predicted octanol–water partition coefficient (Wildman–Crippen LogP) is 3.74. The Morgan fingerprint density at radius 2 is 2.25 bits per heavy atom. The first kappa shape index (κ1) is 14.7. The van der Waals surface area contributed by atoms with Gasteiger partial charge in [0.15, 0.2) is 0 Å². The number of aryl methyl sites for hydroxylation is 1. The molecule has 1 N–H and O–H groups in total. The molecule has 2 aromatic rings. The van der Waals surface area contributed by atoms with E-state index in [-0.39, 0.29) is 0 Å². The van der Waals surface area contributed by atoms with E-state index in [2.05, 4.69) is 11.9 Å². The van der Waals surface area contributed by atoms with E-state index in [1.165, 1.54) is 11.3 Å². The van der Waals surface area contributed by atoms with Crippen molar-refractivity contribution >= 4 is 17.3 Å². The summed E-state index contributed by atoms with van der Waals surface area (Å²) in [6.07, 6.45) is 0.993. The number of nitrogens with zero attached hydrogens (tertiary/aromatic N) is 1. The van der Waals surface area contributed by atoms with Crippen molar-refractivity contribution in [3.05, 3.63) is 40.4 Å². The smallest absolute Gasteiger partial charge is 0.347 e. The molecule has 0 atom stereocenters. The Morgan fingerprint density at radius 1 is 1.45 bits per heavy atom. The molecule has 0 bridgehead atoms. The number of rotatable bonds is 6. The standard InChI is InChI=1S/C15H17NO3S/c1-3-7-19-9-11-5-4-6-12(8-11)14-16-10(2)13(20-14)15(17)18/h4-6,8H,3,7,9H2,1-2H3,(H,17,18). The fraction of sp³-hybridized carbons (Fsp3) is 0.333. The van der Waals surface area contributed by atoms with E-state index in [0.29, 0.717) is 17.2 Å². The maximum Gasteiger partial charge on any atom is 0.347 e. The molecule has 0 fully saturated rings. The zero-order valence-electron chi connectivity index (χ0n) is 11.5. The fourth-order valence-electron chi connectivity index (χ4n) is 1.85. The molecule has 0 unspecified atom stereocenters. The van der Waals surface area contributed by atoms with Gasteiger partial charge < -0.3 is 9.84 Å². The van der Waals surface area contributed by atoms with Crippen LogP contribution in [0, 0.1) is 6.92 Å². The van der Waals surface area contributed by atoms with Gasteiger partial charge in [-0.25, -0.2) is 9.78 Å². The summed E-state index contributed by atoms with van der Waals surface area (Å²) in [6.45, 7) is 5.10. The molecule has 4 nitrogen and oxygen atoms in total. The molecule has 20 heavy (non-hydrogen) atoms. The number of aromatic nitrogens is 1. The van der Waals surface area contributed by atoms with E-state index >= 15 is 0 Å². The molecule has 0 amide bonds. The molecule has 0 aliphatic carbocycles. The molecule has 0 spiro atoms. The summed E-state index contributed by atoms with van der Waals surface area (Å²) in [7, 11) is 0. The van der Waals surface area contributed by atoms with Gasteiger partial charge in [0, 0.05) is 12.2 Å². The SMILES string of the molecule is CCCOCc1cccc(-c2nc(C)c(C(=O)O)s2)c1. The molecule has 0 aliphatic heterocycles. The van der Waals surface area contributed by atoms with Crippen LogP contribution in [0.4, 0.5) is 0 Å². The number of carbonyl (C=O) groups is 1. The van der Waals surface area contributed by atoms with Gasteiger partial charge in [0.25, 0.3) is 0 Å². The van der Waals surface area contributed by atoms with Crippen molar-refractivity contribution in [2.45, 2.75) is 26.9 Å². The van der Waals surface area contributed by atoms with Gasteiger partial charge in [-0.05, 0) is 25.0 Å². The van der Waals surface area contributed by atoms with Gasteiger partial charge >= 0.3 is 5.97 Å². The Morgan fingerprint density at radius 3 is 2.90 bits per heavy atom. The molecular weight excluding hydrogens is 274 g/mol. The Kier molecular flexibility index (Phi) is 4.87. The largest absolute Gasteiger partial charge is 0.477 e. The third kappa shape index (κ3) is 3.43. The quantitative estimate of drug-likeness (QED) is 0.824. The topological polar surface area (TPSA) is 59.4 Å². The van der Waals surface area contributed by atoms with Crippen molar-refractivity contribution in [1.82, 2.24) is 4.98 Å². The van der Waals surface area contributed by atoms with Crippen LogP contribution < -0.4 is 0 Å². The summed E-state index contributed by atoms with van der Waals surface area (Å²) in [5.74, 6) is -0.923. The monoisotopic (exact) mass is 291 g/mol. The molecule has 2 rings (SSSR count). The lowest BCUT2D eigenvalue weighted by Crippen LogP contribution is -1.94. The summed E-state index contributed by atoms with van der Waals surface area (Å²) in [5, 5.41) is 9.81. The minimum absolute atomic E-state index is 0.299. The average molecular weight is 291 g/mol. The van der Waals surface area contributed by atoms with Crippen molar-refractivity contribution in [3.63, 3.8) is 0 Å². The minimum atomic E-state index is -0.923. The first-order valence-corrected chi connectivity index (χ1v) is 7.31. The fourth-order valence-corrected chi connectivity index (χ4v) is 2.75. The maximum absolute atomic E-state index is 11.1. The molecule has 0 saturated carbocycles. The van der Waals surface area contributed by atoms with Crippen LogP contribution in [-0.4, -0.2) is 22.7 Å².